The summed E-state index contributed by atoms with van der Waals surface area (Å²) in [5, 5.41) is 3.80. The van der Waals surface area contributed by atoms with Gasteiger partial charge in [-0.1, -0.05) is 0 Å². The zero-order valence-electron chi connectivity index (χ0n) is 10.5. The minimum absolute atomic E-state index is 0.286. The van der Waals surface area contributed by atoms with Gasteiger partial charge in [0.2, 0.25) is 0 Å². The van der Waals surface area contributed by atoms with Crippen LogP contribution in [-0.2, 0) is 0 Å². The Morgan fingerprint density at radius 2 is 2.16 bits per heavy atom. The largest absolute Gasteiger partial charge is 0.494 e. The molecule has 0 saturated heterocycles. The Morgan fingerprint density at radius 3 is 2.79 bits per heavy atom. The lowest BCUT2D eigenvalue weighted by molar-refractivity contribution is 0.0955. The third kappa shape index (κ3) is 3.70. The highest BCUT2D eigenvalue weighted by Gasteiger charge is 2.03. The molecule has 1 aromatic carbocycles. The zero-order chi connectivity index (χ0) is 13.5. The van der Waals surface area contributed by atoms with Crippen molar-refractivity contribution in [2.24, 2.45) is 5.10 Å². The average molecular weight is 258 g/mol. The van der Waals surface area contributed by atoms with Crippen LogP contribution in [0.3, 0.4) is 0 Å². The molecule has 98 valence electrons. The molecule has 0 atom stereocenters. The van der Waals surface area contributed by atoms with Crippen molar-refractivity contribution in [2.45, 2.75) is 6.92 Å². The molecule has 1 amide bonds. The van der Waals surface area contributed by atoms with E-state index in [0.717, 1.165) is 5.75 Å². The Bertz CT molecular complexity index is 545. The van der Waals surface area contributed by atoms with E-state index in [1.807, 2.05) is 6.92 Å². The first-order valence-corrected chi connectivity index (χ1v) is 5.89. The standard InChI is InChI=1S/C14H14N2O3/c1-2-18-12-7-5-11(6-8-12)14(17)16-15-10-13-4-3-9-19-13/h3-10H,2H2,1H3,(H,16,17)/b15-10+. The minimum Gasteiger partial charge on any atom is -0.494 e. The van der Waals surface area contributed by atoms with Gasteiger partial charge in [0.25, 0.3) is 5.91 Å². The van der Waals surface area contributed by atoms with Gasteiger partial charge in [-0.15, -0.1) is 0 Å². The van der Waals surface area contributed by atoms with Gasteiger partial charge in [0, 0.05) is 5.56 Å². The summed E-state index contributed by atoms with van der Waals surface area (Å²) in [6.07, 6.45) is 2.97. The monoisotopic (exact) mass is 258 g/mol. The molecule has 0 unspecified atom stereocenters. The number of nitrogens with one attached hydrogen (secondary N) is 1. The third-order valence-electron chi connectivity index (χ3n) is 2.33. The second kappa shape index (κ2) is 6.39. The van der Waals surface area contributed by atoms with Crippen molar-refractivity contribution in [3.63, 3.8) is 0 Å². The van der Waals surface area contributed by atoms with Gasteiger partial charge < -0.3 is 9.15 Å². The average Bonchev–Trinajstić information content (AvgIpc) is 2.93. The van der Waals surface area contributed by atoms with Crippen LogP contribution in [0.2, 0.25) is 0 Å². The molecule has 1 heterocycles. The molecular formula is C14H14N2O3. The molecule has 1 N–H and O–H groups in total. The van der Waals surface area contributed by atoms with Crippen molar-refractivity contribution in [2.75, 3.05) is 6.61 Å². The van der Waals surface area contributed by atoms with Crippen LogP contribution in [0.5, 0.6) is 5.75 Å². The summed E-state index contributed by atoms with van der Waals surface area (Å²) in [7, 11) is 0. The number of carbonyl (C=O) groups excluding carboxylic acids is 1. The molecule has 0 aliphatic carbocycles. The van der Waals surface area contributed by atoms with Gasteiger partial charge in [-0.05, 0) is 43.3 Å². The summed E-state index contributed by atoms with van der Waals surface area (Å²) >= 11 is 0. The van der Waals surface area contributed by atoms with Crippen LogP contribution < -0.4 is 10.2 Å². The number of amides is 1. The number of ether oxygens (including phenoxy) is 1. The summed E-state index contributed by atoms with van der Waals surface area (Å²) in [6.45, 7) is 2.50. The molecule has 0 bridgehead atoms. The molecule has 2 rings (SSSR count). The van der Waals surface area contributed by atoms with Gasteiger partial charge in [-0.25, -0.2) is 5.43 Å². The topological polar surface area (TPSA) is 63.8 Å². The normalized spacial score (nSPS) is 10.6. The van der Waals surface area contributed by atoms with Crippen molar-refractivity contribution < 1.29 is 13.9 Å². The van der Waals surface area contributed by atoms with Crippen molar-refractivity contribution in [3.05, 3.63) is 54.0 Å². The number of benzene rings is 1. The summed E-state index contributed by atoms with van der Waals surface area (Å²) in [4.78, 5) is 11.7. The molecule has 2 aromatic rings. The van der Waals surface area contributed by atoms with Crippen molar-refractivity contribution in [1.29, 1.82) is 0 Å². The second-order valence-corrected chi connectivity index (χ2v) is 3.67. The van der Waals surface area contributed by atoms with Crippen molar-refractivity contribution >= 4 is 12.1 Å². The molecule has 0 aliphatic rings. The fourth-order valence-electron chi connectivity index (χ4n) is 1.45. The SMILES string of the molecule is CCOc1ccc(C(=O)N/N=C/c2ccco2)cc1. The van der Waals surface area contributed by atoms with E-state index in [1.54, 1.807) is 36.4 Å². The van der Waals surface area contributed by atoms with E-state index in [9.17, 15) is 4.79 Å². The Kier molecular flexibility index (Phi) is 4.34. The molecule has 0 fully saturated rings. The quantitative estimate of drug-likeness (QED) is 0.661. The maximum atomic E-state index is 11.7. The Morgan fingerprint density at radius 1 is 1.37 bits per heavy atom. The predicted molar refractivity (Wildman–Crippen MR) is 71.4 cm³/mol. The highest BCUT2D eigenvalue weighted by Crippen LogP contribution is 2.11. The third-order valence-corrected chi connectivity index (χ3v) is 2.33. The Hall–Kier alpha value is -2.56. The predicted octanol–water partition coefficient (Wildman–Crippen LogP) is 2.44. The summed E-state index contributed by atoms with van der Waals surface area (Å²) in [5.41, 5.74) is 2.93. The highest BCUT2D eigenvalue weighted by molar-refractivity contribution is 5.94. The number of nitrogens with zero attached hydrogens (tertiary/aromatic N) is 1. The first-order chi connectivity index (χ1) is 9.29. The number of hydrogen-bond donors (Lipinski definition) is 1. The van der Waals surface area contributed by atoms with Crippen LogP contribution in [0, 0.1) is 0 Å². The fourth-order valence-corrected chi connectivity index (χ4v) is 1.45. The van der Waals surface area contributed by atoms with Gasteiger partial charge in [-0.3, -0.25) is 4.79 Å². The zero-order valence-corrected chi connectivity index (χ0v) is 10.5. The number of carbonyl (C=O) groups is 1. The van der Waals surface area contributed by atoms with E-state index in [2.05, 4.69) is 10.5 Å². The molecule has 19 heavy (non-hydrogen) atoms. The lowest BCUT2D eigenvalue weighted by Gasteiger charge is -2.03. The van der Waals surface area contributed by atoms with E-state index in [0.29, 0.717) is 17.9 Å². The fraction of sp³-hybridized carbons (Fsp3) is 0.143. The summed E-state index contributed by atoms with van der Waals surface area (Å²) < 4.78 is 10.3. The lowest BCUT2D eigenvalue weighted by atomic mass is 10.2. The maximum absolute atomic E-state index is 11.7. The molecule has 0 spiro atoms. The van der Waals surface area contributed by atoms with E-state index < -0.39 is 0 Å². The molecule has 0 radical (unpaired) electrons. The highest BCUT2D eigenvalue weighted by atomic mass is 16.5. The lowest BCUT2D eigenvalue weighted by Crippen LogP contribution is -2.17. The van der Waals surface area contributed by atoms with Gasteiger partial charge in [-0.2, -0.15) is 5.10 Å². The van der Waals surface area contributed by atoms with Gasteiger partial charge in [0.15, 0.2) is 0 Å². The van der Waals surface area contributed by atoms with Crippen LogP contribution >= 0.6 is 0 Å². The molecule has 5 nitrogen and oxygen atoms in total. The number of hydrogen-bond acceptors (Lipinski definition) is 4. The summed E-state index contributed by atoms with van der Waals surface area (Å²) in [6, 6.07) is 10.3. The van der Waals surface area contributed by atoms with Crippen molar-refractivity contribution in [1.82, 2.24) is 5.43 Å². The van der Waals surface area contributed by atoms with Crippen LogP contribution in [0.1, 0.15) is 23.0 Å². The van der Waals surface area contributed by atoms with Gasteiger partial charge in [0.05, 0.1) is 19.1 Å². The van der Waals surface area contributed by atoms with Crippen LogP contribution in [-0.4, -0.2) is 18.7 Å². The molecule has 0 aliphatic heterocycles. The Labute approximate surface area is 110 Å². The van der Waals surface area contributed by atoms with Crippen LogP contribution in [0.15, 0.2) is 52.2 Å². The van der Waals surface area contributed by atoms with Gasteiger partial charge in [0.1, 0.15) is 11.5 Å². The van der Waals surface area contributed by atoms with E-state index in [4.69, 9.17) is 9.15 Å². The van der Waals surface area contributed by atoms with Crippen LogP contribution in [0.25, 0.3) is 0 Å². The first kappa shape index (κ1) is 12.9. The number of furan rings is 1. The van der Waals surface area contributed by atoms with E-state index in [-0.39, 0.29) is 5.91 Å². The molecular weight excluding hydrogens is 244 g/mol. The van der Waals surface area contributed by atoms with E-state index >= 15 is 0 Å². The number of rotatable bonds is 5. The Balaban J connectivity index is 1.92. The van der Waals surface area contributed by atoms with Crippen molar-refractivity contribution in [3.8, 4) is 5.75 Å². The molecule has 5 heteroatoms. The smallest absolute Gasteiger partial charge is 0.271 e. The number of hydrazone groups is 1. The molecule has 1 aromatic heterocycles. The minimum atomic E-state index is -0.286. The van der Waals surface area contributed by atoms with Gasteiger partial charge >= 0.3 is 0 Å². The first-order valence-electron chi connectivity index (χ1n) is 5.89. The second-order valence-electron chi connectivity index (χ2n) is 3.67. The maximum Gasteiger partial charge on any atom is 0.271 e. The van der Waals surface area contributed by atoms with E-state index in [1.165, 1.54) is 12.5 Å². The summed E-state index contributed by atoms with van der Waals surface area (Å²) in [5.74, 6) is 1.02. The van der Waals surface area contributed by atoms with Crippen LogP contribution in [0.4, 0.5) is 0 Å². The molecule has 0 saturated carbocycles.